The van der Waals surface area contributed by atoms with Crippen molar-refractivity contribution in [3.63, 3.8) is 0 Å². The van der Waals surface area contributed by atoms with E-state index in [0.29, 0.717) is 10.4 Å². The Morgan fingerprint density at radius 2 is 1.53 bits per heavy atom. The molecule has 0 unspecified atom stereocenters. The first-order valence-electron chi connectivity index (χ1n) is 9.00. The first-order chi connectivity index (χ1) is 13.8. The van der Waals surface area contributed by atoms with E-state index in [2.05, 4.69) is 9.47 Å². The third kappa shape index (κ3) is 6.72. The Hall–Kier alpha value is -2.62. The van der Waals surface area contributed by atoms with E-state index < -0.39 is 43.6 Å². The van der Waals surface area contributed by atoms with Gasteiger partial charge in [0.1, 0.15) is 14.7 Å². The molecule has 0 aliphatic carbocycles. The van der Waals surface area contributed by atoms with Crippen LogP contribution in [0.4, 0.5) is 13.2 Å². The molecule has 0 N–H and O–H groups in total. The van der Waals surface area contributed by atoms with E-state index in [0.717, 1.165) is 26.4 Å². The molecule has 10 heteroatoms. The number of hydrogen-bond acceptors (Lipinski definition) is 6. The van der Waals surface area contributed by atoms with E-state index >= 15 is 0 Å². The van der Waals surface area contributed by atoms with Crippen LogP contribution in [-0.4, -0.2) is 46.8 Å². The predicted molar refractivity (Wildman–Crippen MR) is 105 cm³/mol. The van der Waals surface area contributed by atoms with E-state index in [9.17, 15) is 27.6 Å². The molecule has 1 aromatic rings. The number of rotatable bonds is 8. The molecule has 0 aromatic heterocycles. The summed E-state index contributed by atoms with van der Waals surface area (Å²) >= 11 is 0. The zero-order chi connectivity index (χ0) is 23.1. The van der Waals surface area contributed by atoms with Crippen molar-refractivity contribution in [1.82, 2.24) is 0 Å². The monoisotopic (exact) mass is 446 g/mol. The molecule has 0 saturated heterocycles. The Morgan fingerprint density at radius 3 is 1.93 bits per heavy atom. The van der Waals surface area contributed by atoms with Crippen LogP contribution in [0.2, 0.25) is 13.1 Å². The average Bonchev–Trinajstić information content (AvgIpc) is 2.68. The van der Waals surface area contributed by atoms with Crippen molar-refractivity contribution in [3.8, 4) is 0 Å². The van der Waals surface area contributed by atoms with Crippen molar-refractivity contribution in [2.24, 2.45) is 5.92 Å². The molecule has 0 amide bonds. The smallest absolute Gasteiger partial charge is 0.416 e. The third-order valence-electron chi connectivity index (χ3n) is 4.75. The van der Waals surface area contributed by atoms with Crippen LogP contribution < -0.4 is 5.19 Å². The molecule has 6 nitrogen and oxygen atoms in total. The molecule has 1 aromatic carbocycles. The molecular formula is C20H25F3O6Si. The van der Waals surface area contributed by atoms with Crippen molar-refractivity contribution in [2.75, 3.05) is 20.8 Å². The van der Waals surface area contributed by atoms with Crippen molar-refractivity contribution in [3.05, 3.63) is 41.1 Å². The first-order valence-corrected chi connectivity index (χ1v) is 12.0. The number of carbonyl (C=O) groups excluding carboxylic acids is 3. The standard InChI is InChI=1S/C20H25F3O6Si/c1-13(24)29-11-10-16(12-17(18(25)27-2)19(26)28-3)30(4,5)15-8-6-14(7-9-15)20(21,22)23/h6-10,17H,11-12H2,1-5H3/b16-10+. The molecule has 0 aliphatic rings. The summed E-state index contributed by atoms with van der Waals surface area (Å²) < 4.78 is 53.0. The lowest BCUT2D eigenvalue weighted by atomic mass is 10.1. The Labute approximate surface area is 174 Å². The van der Waals surface area contributed by atoms with Crippen LogP contribution in [0.3, 0.4) is 0 Å². The van der Waals surface area contributed by atoms with Gasteiger partial charge in [-0.05, 0) is 6.42 Å². The molecular weight excluding hydrogens is 421 g/mol. The van der Waals surface area contributed by atoms with Crippen LogP contribution in [0, 0.1) is 5.92 Å². The van der Waals surface area contributed by atoms with Gasteiger partial charge >= 0.3 is 24.1 Å². The summed E-state index contributed by atoms with van der Waals surface area (Å²) in [4.78, 5) is 35.3. The SMILES string of the molecule is COC(=O)C(C/C(=C\COC(C)=O)[Si](C)(C)c1ccc(C(F)(F)F)cc1)C(=O)OC. The molecule has 0 aliphatic heterocycles. The summed E-state index contributed by atoms with van der Waals surface area (Å²) in [6.45, 7) is 4.86. The molecule has 0 bridgehead atoms. The van der Waals surface area contributed by atoms with Crippen molar-refractivity contribution < 1.29 is 41.8 Å². The Balaban J connectivity index is 3.35. The second kappa shape index (κ2) is 10.4. The van der Waals surface area contributed by atoms with Gasteiger partial charge in [0.15, 0.2) is 5.92 Å². The van der Waals surface area contributed by atoms with Crippen LogP contribution in [0.15, 0.2) is 35.5 Å². The maximum absolute atomic E-state index is 12.9. The number of halogens is 3. The number of ether oxygens (including phenoxy) is 3. The molecule has 0 saturated carbocycles. The molecule has 0 radical (unpaired) electrons. The minimum Gasteiger partial charge on any atom is -0.468 e. The predicted octanol–water partition coefficient (Wildman–Crippen LogP) is 3.00. The highest BCUT2D eigenvalue weighted by molar-refractivity contribution is 6.95. The number of allylic oxidation sites excluding steroid dienone is 1. The number of benzene rings is 1. The fourth-order valence-electron chi connectivity index (χ4n) is 2.88. The van der Waals surface area contributed by atoms with Crippen LogP contribution in [-0.2, 0) is 34.8 Å². The Morgan fingerprint density at radius 1 is 1.03 bits per heavy atom. The highest BCUT2D eigenvalue weighted by Crippen LogP contribution is 2.30. The molecule has 0 spiro atoms. The van der Waals surface area contributed by atoms with Gasteiger partial charge in [0, 0.05) is 6.92 Å². The van der Waals surface area contributed by atoms with Gasteiger partial charge in [-0.3, -0.25) is 14.4 Å². The average molecular weight is 446 g/mol. The van der Waals surface area contributed by atoms with Gasteiger partial charge in [-0.2, -0.15) is 13.2 Å². The largest absolute Gasteiger partial charge is 0.468 e. The molecule has 0 heterocycles. The number of alkyl halides is 3. The summed E-state index contributed by atoms with van der Waals surface area (Å²) in [5.41, 5.74) is -0.775. The van der Waals surface area contributed by atoms with Gasteiger partial charge in [-0.1, -0.05) is 53.8 Å². The minimum absolute atomic E-state index is 0.0686. The molecule has 0 fully saturated rings. The first kappa shape index (κ1) is 25.4. The van der Waals surface area contributed by atoms with Crippen LogP contribution in [0.5, 0.6) is 0 Å². The molecule has 0 atom stereocenters. The zero-order valence-electron chi connectivity index (χ0n) is 17.5. The highest BCUT2D eigenvalue weighted by atomic mass is 28.3. The van der Waals surface area contributed by atoms with E-state index in [-0.39, 0.29) is 13.0 Å². The van der Waals surface area contributed by atoms with Gasteiger partial charge in [-0.25, -0.2) is 0 Å². The minimum atomic E-state index is -4.46. The lowest BCUT2D eigenvalue weighted by Crippen LogP contribution is -2.45. The topological polar surface area (TPSA) is 78.9 Å². The normalized spacial score (nSPS) is 12.5. The lowest BCUT2D eigenvalue weighted by molar-refractivity contribution is -0.158. The lowest BCUT2D eigenvalue weighted by Gasteiger charge is -2.29. The van der Waals surface area contributed by atoms with Gasteiger partial charge in [0.05, 0.1) is 19.8 Å². The molecule has 30 heavy (non-hydrogen) atoms. The van der Waals surface area contributed by atoms with Crippen molar-refractivity contribution in [2.45, 2.75) is 32.6 Å². The molecule has 166 valence electrons. The van der Waals surface area contributed by atoms with Gasteiger partial charge in [0.25, 0.3) is 0 Å². The fourth-order valence-corrected chi connectivity index (χ4v) is 5.56. The highest BCUT2D eigenvalue weighted by Gasteiger charge is 2.37. The van der Waals surface area contributed by atoms with Crippen LogP contribution >= 0.6 is 0 Å². The van der Waals surface area contributed by atoms with E-state index in [1.165, 1.54) is 19.1 Å². The second-order valence-electron chi connectivity index (χ2n) is 7.04. The summed E-state index contributed by atoms with van der Waals surface area (Å²) in [6.07, 6.45) is -2.94. The van der Waals surface area contributed by atoms with Crippen molar-refractivity contribution in [1.29, 1.82) is 0 Å². The maximum Gasteiger partial charge on any atom is 0.416 e. The number of esters is 3. The van der Waals surface area contributed by atoms with Crippen LogP contribution in [0.25, 0.3) is 0 Å². The Kier molecular flexibility index (Phi) is 8.83. The third-order valence-corrected chi connectivity index (χ3v) is 8.54. The van der Waals surface area contributed by atoms with E-state index in [4.69, 9.17) is 4.74 Å². The molecule has 1 rings (SSSR count). The maximum atomic E-state index is 12.9. The summed E-state index contributed by atoms with van der Waals surface area (Å²) in [7, 11) is -0.380. The number of hydrogen-bond donors (Lipinski definition) is 0. The van der Waals surface area contributed by atoms with E-state index in [1.807, 2.05) is 13.1 Å². The summed E-state index contributed by atoms with van der Waals surface area (Å²) in [5, 5.41) is 1.28. The van der Waals surface area contributed by atoms with Crippen LogP contribution in [0.1, 0.15) is 18.9 Å². The fraction of sp³-hybridized carbons (Fsp3) is 0.450. The Bertz CT molecular complexity index is 784. The summed E-state index contributed by atoms with van der Waals surface area (Å²) in [5.74, 6) is -3.35. The summed E-state index contributed by atoms with van der Waals surface area (Å²) in [6, 6.07) is 4.76. The number of methoxy groups -OCH3 is 2. The quantitative estimate of drug-likeness (QED) is 0.264. The second-order valence-corrected chi connectivity index (χ2v) is 11.5. The van der Waals surface area contributed by atoms with Gasteiger partial charge in [-0.15, -0.1) is 0 Å². The zero-order valence-corrected chi connectivity index (χ0v) is 18.5. The number of carbonyl (C=O) groups is 3. The van der Waals surface area contributed by atoms with Crippen molar-refractivity contribution >= 4 is 31.2 Å². The van der Waals surface area contributed by atoms with Gasteiger partial charge < -0.3 is 14.2 Å². The van der Waals surface area contributed by atoms with Gasteiger partial charge in [0.2, 0.25) is 0 Å². The van der Waals surface area contributed by atoms with E-state index in [1.54, 1.807) is 6.08 Å².